The van der Waals surface area contributed by atoms with Crippen molar-refractivity contribution in [2.45, 2.75) is 33.4 Å². The van der Waals surface area contributed by atoms with Crippen LogP contribution in [0.25, 0.3) is 0 Å². The highest BCUT2D eigenvalue weighted by atomic mass is 16.5. The van der Waals surface area contributed by atoms with Gasteiger partial charge in [-0.15, -0.1) is 0 Å². The Bertz CT molecular complexity index is 538. The van der Waals surface area contributed by atoms with Crippen molar-refractivity contribution < 1.29 is 19.1 Å². The summed E-state index contributed by atoms with van der Waals surface area (Å²) in [7, 11) is 1.32. The molecule has 0 fully saturated rings. The van der Waals surface area contributed by atoms with Gasteiger partial charge in [-0.25, -0.2) is 4.79 Å². The van der Waals surface area contributed by atoms with Crippen molar-refractivity contribution in [1.82, 2.24) is 10.6 Å². The van der Waals surface area contributed by atoms with Gasteiger partial charge < -0.3 is 15.4 Å². The molecular formula is C16H22N2O4. The molecule has 0 saturated heterocycles. The first-order valence-corrected chi connectivity index (χ1v) is 7.07. The molecule has 0 unspecified atom stereocenters. The summed E-state index contributed by atoms with van der Waals surface area (Å²) in [6, 6.07) is 6.21. The fourth-order valence-electron chi connectivity index (χ4n) is 1.93. The molecule has 6 heteroatoms. The predicted octanol–water partition coefficient (Wildman–Crippen LogP) is 1.25. The van der Waals surface area contributed by atoms with Gasteiger partial charge in [0.2, 0.25) is 11.8 Å². The number of methoxy groups -OCH3 is 1. The van der Waals surface area contributed by atoms with Crippen molar-refractivity contribution >= 4 is 17.8 Å². The van der Waals surface area contributed by atoms with Crippen molar-refractivity contribution in [3.05, 3.63) is 35.4 Å². The van der Waals surface area contributed by atoms with E-state index in [1.165, 1.54) is 14.0 Å². The predicted molar refractivity (Wildman–Crippen MR) is 82.1 cm³/mol. The van der Waals surface area contributed by atoms with E-state index in [4.69, 9.17) is 0 Å². The maximum Gasteiger partial charge on any atom is 0.337 e. The van der Waals surface area contributed by atoms with Gasteiger partial charge in [0.1, 0.15) is 6.04 Å². The Hall–Kier alpha value is -2.37. The van der Waals surface area contributed by atoms with Gasteiger partial charge in [-0.3, -0.25) is 9.59 Å². The normalized spacial score (nSPS) is 11.7. The van der Waals surface area contributed by atoms with Gasteiger partial charge in [0.25, 0.3) is 0 Å². The maximum atomic E-state index is 12.1. The van der Waals surface area contributed by atoms with Crippen LogP contribution in [0.4, 0.5) is 0 Å². The van der Waals surface area contributed by atoms with Crippen LogP contribution in [0.15, 0.2) is 24.3 Å². The second-order valence-electron chi connectivity index (χ2n) is 5.33. The molecule has 1 rings (SSSR count). The van der Waals surface area contributed by atoms with Crippen LogP contribution in [-0.2, 0) is 20.9 Å². The smallest absolute Gasteiger partial charge is 0.337 e. The highest BCUT2D eigenvalue weighted by Gasteiger charge is 2.22. The second-order valence-corrected chi connectivity index (χ2v) is 5.33. The molecule has 1 aromatic rings. The Kier molecular flexibility index (Phi) is 6.56. The van der Waals surface area contributed by atoms with Crippen LogP contribution in [0.2, 0.25) is 0 Å². The minimum Gasteiger partial charge on any atom is -0.465 e. The Morgan fingerprint density at radius 3 is 2.18 bits per heavy atom. The topological polar surface area (TPSA) is 84.5 Å². The summed E-state index contributed by atoms with van der Waals surface area (Å²) in [5.41, 5.74) is 1.31. The van der Waals surface area contributed by atoms with E-state index in [2.05, 4.69) is 15.4 Å². The molecule has 0 heterocycles. The highest BCUT2D eigenvalue weighted by molar-refractivity contribution is 5.89. The molecule has 1 atom stereocenters. The molecular weight excluding hydrogens is 284 g/mol. The van der Waals surface area contributed by atoms with Crippen LogP contribution in [-0.4, -0.2) is 30.9 Å². The monoisotopic (exact) mass is 306 g/mol. The molecule has 2 N–H and O–H groups in total. The number of carbonyl (C=O) groups excluding carboxylic acids is 3. The van der Waals surface area contributed by atoms with Crippen molar-refractivity contribution in [3.63, 3.8) is 0 Å². The number of rotatable bonds is 6. The average Bonchev–Trinajstić information content (AvgIpc) is 2.49. The number of hydrogen-bond donors (Lipinski definition) is 2. The summed E-state index contributed by atoms with van der Waals surface area (Å²) in [5, 5.41) is 5.41. The Balaban J connectivity index is 2.62. The lowest BCUT2D eigenvalue weighted by Crippen LogP contribution is -2.48. The summed E-state index contributed by atoms with van der Waals surface area (Å²) in [6.45, 7) is 5.44. The van der Waals surface area contributed by atoms with Crippen molar-refractivity contribution in [2.75, 3.05) is 7.11 Å². The Morgan fingerprint density at radius 1 is 1.14 bits per heavy atom. The molecule has 0 aliphatic heterocycles. The molecule has 0 aromatic heterocycles. The fourth-order valence-corrected chi connectivity index (χ4v) is 1.93. The first-order valence-electron chi connectivity index (χ1n) is 7.07. The Morgan fingerprint density at radius 2 is 1.73 bits per heavy atom. The van der Waals surface area contributed by atoms with Crippen LogP contribution < -0.4 is 10.6 Å². The molecule has 2 amide bonds. The number of esters is 1. The van der Waals surface area contributed by atoms with E-state index in [0.717, 1.165) is 5.56 Å². The van der Waals surface area contributed by atoms with Gasteiger partial charge in [0, 0.05) is 13.5 Å². The average molecular weight is 306 g/mol. The van der Waals surface area contributed by atoms with Gasteiger partial charge in [-0.1, -0.05) is 26.0 Å². The molecule has 22 heavy (non-hydrogen) atoms. The minimum absolute atomic E-state index is 0.00870. The zero-order valence-corrected chi connectivity index (χ0v) is 13.3. The van der Waals surface area contributed by atoms with E-state index in [1.54, 1.807) is 24.3 Å². The van der Waals surface area contributed by atoms with Gasteiger partial charge in [-0.2, -0.15) is 0 Å². The number of carbonyl (C=O) groups is 3. The third-order valence-electron chi connectivity index (χ3n) is 3.15. The summed E-state index contributed by atoms with van der Waals surface area (Å²) in [5.74, 6) is -0.884. The third kappa shape index (κ3) is 5.20. The lowest BCUT2D eigenvalue weighted by molar-refractivity contribution is -0.129. The van der Waals surface area contributed by atoms with Gasteiger partial charge in [-0.05, 0) is 23.6 Å². The Labute approximate surface area is 130 Å². The van der Waals surface area contributed by atoms with E-state index in [9.17, 15) is 14.4 Å². The molecule has 0 radical (unpaired) electrons. The number of amides is 2. The molecule has 0 aliphatic carbocycles. The minimum atomic E-state index is -0.563. The van der Waals surface area contributed by atoms with Crippen molar-refractivity contribution in [3.8, 4) is 0 Å². The summed E-state index contributed by atoms with van der Waals surface area (Å²) < 4.78 is 4.62. The molecule has 1 aromatic carbocycles. The fraction of sp³-hybridized carbons (Fsp3) is 0.438. The van der Waals surface area contributed by atoms with Crippen LogP contribution in [0.1, 0.15) is 36.7 Å². The van der Waals surface area contributed by atoms with Crippen LogP contribution in [0.5, 0.6) is 0 Å². The maximum absolute atomic E-state index is 12.1. The first-order chi connectivity index (χ1) is 10.3. The summed E-state index contributed by atoms with van der Waals surface area (Å²) in [4.78, 5) is 34.6. The van der Waals surface area contributed by atoms with E-state index >= 15 is 0 Å². The van der Waals surface area contributed by atoms with Crippen LogP contribution in [0.3, 0.4) is 0 Å². The van der Waals surface area contributed by atoms with Gasteiger partial charge in [0.05, 0.1) is 12.7 Å². The van der Waals surface area contributed by atoms with Crippen molar-refractivity contribution in [2.24, 2.45) is 5.92 Å². The number of nitrogens with one attached hydrogen (secondary N) is 2. The van der Waals surface area contributed by atoms with E-state index < -0.39 is 12.0 Å². The van der Waals surface area contributed by atoms with Crippen LogP contribution >= 0.6 is 0 Å². The standard InChI is InChI=1S/C16H22N2O4/c1-10(2)14(18-11(3)19)15(20)17-9-12-5-7-13(8-6-12)16(21)22-4/h5-8,10,14H,9H2,1-4H3,(H,17,20)(H,18,19)/t14-/m1/s1. The van der Waals surface area contributed by atoms with E-state index in [-0.39, 0.29) is 17.7 Å². The highest BCUT2D eigenvalue weighted by Crippen LogP contribution is 2.07. The van der Waals surface area contributed by atoms with Crippen molar-refractivity contribution in [1.29, 1.82) is 0 Å². The molecule has 0 aliphatic rings. The lowest BCUT2D eigenvalue weighted by Gasteiger charge is -2.20. The quantitative estimate of drug-likeness (QED) is 0.775. The van der Waals surface area contributed by atoms with Crippen LogP contribution in [0, 0.1) is 5.92 Å². The van der Waals surface area contributed by atoms with E-state index in [1.807, 2.05) is 13.8 Å². The van der Waals surface area contributed by atoms with Gasteiger partial charge >= 0.3 is 5.97 Å². The summed E-state index contributed by atoms with van der Waals surface area (Å²) in [6.07, 6.45) is 0. The largest absolute Gasteiger partial charge is 0.465 e. The summed E-state index contributed by atoms with van der Waals surface area (Å²) >= 11 is 0. The number of benzene rings is 1. The SMILES string of the molecule is COC(=O)c1ccc(CNC(=O)[C@H](NC(C)=O)C(C)C)cc1. The lowest BCUT2D eigenvalue weighted by atomic mass is 10.0. The molecule has 6 nitrogen and oxygen atoms in total. The first kappa shape index (κ1) is 17.7. The number of hydrogen-bond acceptors (Lipinski definition) is 4. The zero-order chi connectivity index (χ0) is 16.7. The molecule has 0 saturated carbocycles. The molecule has 120 valence electrons. The zero-order valence-electron chi connectivity index (χ0n) is 13.3. The third-order valence-corrected chi connectivity index (χ3v) is 3.15. The molecule has 0 spiro atoms. The van der Waals surface area contributed by atoms with E-state index in [0.29, 0.717) is 12.1 Å². The van der Waals surface area contributed by atoms with Gasteiger partial charge in [0.15, 0.2) is 0 Å². The number of ether oxygens (including phenoxy) is 1. The second kappa shape index (κ2) is 8.17. The molecule has 0 bridgehead atoms.